The minimum atomic E-state index is 0.310. The lowest BCUT2D eigenvalue weighted by molar-refractivity contribution is -0.124. The number of rotatable bonds is 3. The van der Waals surface area contributed by atoms with Crippen LogP contribution >= 0.6 is 11.6 Å². The second-order valence-corrected chi connectivity index (χ2v) is 7.02. The fourth-order valence-electron chi connectivity index (χ4n) is 4.11. The number of ketones is 1. The predicted octanol–water partition coefficient (Wildman–Crippen LogP) is 5.06. The van der Waals surface area contributed by atoms with E-state index in [0.29, 0.717) is 18.1 Å². The molecule has 20 heavy (non-hydrogen) atoms. The molecular weight excluding hydrogens is 268 g/mol. The van der Waals surface area contributed by atoms with Crippen LogP contribution in [-0.4, -0.2) is 5.78 Å². The first kappa shape index (κ1) is 14.1. The molecule has 0 aliphatic heterocycles. The molecule has 0 saturated heterocycles. The van der Waals surface area contributed by atoms with Crippen LogP contribution in [0.25, 0.3) is 0 Å². The fraction of sp³-hybridized carbons (Fsp3) is 0.611. The monoisotopic (exact) mass is 290 g/mol. The van der Waals surface area contributed by atoms with Gasteiger partial charge in [0.05, 0.1) is 0 Å². The van der Waals surface area contributed by atoms with Crippen LogP contribution in [0.3, 0.4) is 0 Å². The van der Waals surface area contributed by atoms with Crippen molar-refractivity contribution in [3.63, 3.8) is 0 Å². The van der Waals surface area contributed by atoms with Gasteiger partial charge in [0.1, 0.15) is 5.78 Å². The Balaban J connectivity index is 1.58. The summed E-state index contributed by atoms with van der Waals surface area (Å²) in [6.45, 7) is 0. The Kier molecular flexibility index (Phi) is 4.45. The van der Waals surface area contributed by atoms with E-state index in [-0.39, 0.29) is 0 Å². The Morgan fingerprint density at radius 1 is 1.00 bits per heavy atom. The Hall–Kier alpha value is -0.820. The summed E-state index contributed by atoms with van der Waals surface area (Å²) in [5.41, 5.74) is 1.10. The van der Waals surface area contributed by atoms with Crippen LogP contribution in [0.5, 0.6) is 0 Å². The van der Waals surface area contributed by atoms with Crippen molar-refractivity contribution in [3.05, 3.63) is 34.9 Å². The van der Waals surface area contributed by atoms with Gasteiger partial charge >= 0.3 is 0 Å². The maximum absolute atomic E-state index is 12.5. The van der Waals surface area contributed by atoms with E-state index in [9.17, 15) is 4.79 Å². The molecule has 1 aromatic carbocycles. The number of hydrogen-bond acceptors (Lipinski definition) is 1. The summed E-state index contributed by atoms with van der Waals surface area (Å²) in [4.78, 5) is 12.5. The molecule has 2 fully saturated rings. The summed E-state index contributed by atoms with van der Waals surface area (Å²) in [5, 5.41) is 0.740. The molecule has 2 aliphatic carbocycles. The zero-order valence-electron chi connectivity index (χ0n) is 12.0. The molecule has 0 N–H and O–H groups in total. The molecule has 0 heterocycles. The average molecular weight is 291 g/mol. The highest BCUT2D eigenvalue weighted by molar-refractivity contribution is 6.30. The maximum Gasteiger partial charge on any atom is 0.140 e. The lowest BCUT2D eigenvalue weighted by Crippen LogP contribution is -2.31. The fourth-order valence-corrected chi connectivity index (χ4v) is 4.24. The summed E-state index contributed by atoms with van der Waals surface area (Å²) in [6.07, 6.45) is 9.67. The minimum absolute atomic E-state index is 0.310. The molecule has 0 spiro atoms. The second-order valence-electron chi connectivity index (χ2n) is 6.58. The summed E-state index contributed by atoms with van der Waals surface area (Å²) < 4.78 is 0. The third-order valence-corrected chi connectivity index (χ3v) is 5.54. The van der Waals surface area contributed by atoms with E-state index >= 15 is 0 Å². The highest BCUT2D eigenvalue weighted by Gasteiger charge is 2.34. The third kappa shape index (κ3) is 3.25. The molecule has 108 valence electrons. The van der Waals surface area contributed by atoms with Crippen LogP contribution in [0.4, 0.5) is 0 Å². The van der Waals surface area contributed by atoms with Crippen molar-refractivity contribution in [1.82, 2.24) is 0 Å². The van der Waals surface area contributed by atoms with Crippen molar-refractivity contribution in [3.8, 4) is 0 Å². The number of halogens is 1. The van der Waals surface area contributed by atoms with Crippen LogP contribution in [0.1, 0.15) is 50.5 Å². The van der Waals surface area contributed by atoms with Gasteiger partial charge in [-0.25, -0.2) is 0 Å². The lowest BCUT2D eigenvalue weighted by Gasteiger charge is -2.38. The lowest BCUT2D eigenvalue weighted by atomic mass is 9.66. The second kappa shape index (κ2) is 6.30. The Bertz CT molecular complexity index is 465. The first-order valence-electron chi connectivity index (χ1n) is 7.99. The highest BCUT2D eigenvalue weighted by Crippen LogP contribution is 2.43. The summed E-state index contributed by atoms with van der Waals surface area (Å²) >= 11 is 5.89. The van der Waals surface area contributed by atoms with E-state index in [0.717, 1.165) is 35.3 Å². The van der Waals surface area contributed by atoms with Crippen LogP contribution in [-0.2, 0) is 11.2 Å². The van der Waals surface area contributed by atoms with Gasteiger partial charge < -0.3 is 0 Å². The van der Waals surface area contributed by atoms with E-state index in [1.807, 2.05) is 24.3 Å². The van der Waals surface area contributed by atoms with Gasteiger partial charge in [-0.1, -0.05) is 49.4 Å². The first-order valence-corrected chi connectivity index (χ1v) is 8.37. The first-order chi connectivity index (χ1) is 9.72. The van der Waals surface area contributed by atoms with E-state index < -0.39 is 0 Å². The number of fused-ring (bicyclic) bond motifs is 1. The quantitative estimate of drug-likeness (QED) is 0.760. The smallest absolute Gasteiger partial charge is 0.140 e. The Labute approximate surface area is 126 Å². The van der Waals surface area contributed by atoms with Crippen molar-refractivity contribution in [2.24, 2.45) is 17.8 Å². The predicted molar refractivity (Wildman–Crippen MR) is 83.0 cm³/mol. The zero-order chi connectivity index (χ0) is 13.9. The van der Waals surface area contributed by atoms with Gasteiger partial charge in [0.2, 0.25) is 0 Å². The zero-order valence-corrected chi connectivity index (χ0v) is 12.7. The van der Waals surface area contributed by atoms with Crippen LogP contribution in [0.15, 0.2) is 24.3 Å². The summed E-state index contributed by atoms with van der Waals surface area (Å²) in [7, 11) is 0. The molecule has 0 aromatic heterocycles. The van der Waals surface area contributed by atoms with Gasteiger partial charge in [0, 0.05) is 17.4 Å². The van der Waals surface area contributed by atoms with E-state index in [2.05, 4.69) is 0 Å². The van der Waals surface area contributed by atoms with E-state index in [4.69, 9.17) is 11.6 Å². The SMILES string of the molecule is O=C(Cc1ccc(Cl)cc1)C1CCC2CCCCC2C1. The Morgan fingerprint density at radius 3 is 2.45 bits per heavy atom. The largest absolute Gasteiger partial charge is 0.299 e. The molecule has 3 atom stereocenters. The average Bonchev–Trinajstić information content (AvgIpc) is 2.49. The molecule has 0 amide bonds. The topological polar surface area (TPSA) is 17.1 Å². The van der Waals surface area contributed by atoms with Gasteiger partial charge in [-0.05, 0) is 48.8 Å². The number of benzene rings is 1. The van der Waals surface area contributed by atoms with Crippen LogP contribution in [0.2, 0.25) is 5.02 Å². The van der Waals surface area contributed by atoms with Crippen molar-refractivity contribution in [1.29, 1.82) is 0 Å². The van der Waals surface area contributed by atoms with Gasteiger partial charge in [-0.2, -0.15) is 0 Å². The van der Waals surface area contributed by atoms with E-state index in [1.54, 1.807) is 0 Å². The van der Waals surface area contributed by atoms with E-state index in [1.165, 1.54) is 32.1 Å². The van der Waals surface area contributed by atoms with Gasteiger partial charge in [0.15, 0.2) is 0 Å². The number of Topliss-reactive ketones (excluding diaryl/α,β-unsaturated/α-hetero) is 1. The Morgan fingerprint density at radius 2 is 1.70 bits per heavy atom. The standard InChI is InChI=1S/C18H23ClO/c19-17-9-5-13(6-10-17)11-18(20)16-8-7-14-3-1-2-4-15(14)12-16/h5-6,9-10,14-16H,1-4,7-8,11-12H2. The molecule has 3 rings (SSSR count). The number of carbonyl (C=O) groups is 1. The molecule has 0 bridgehead atoms. The van der Waals surface area contributed by atoms with Crippen LogP contribution < -0.4 is 0 Å². The highest BCUT2D eigenvalue weighted by atomic mass is 35.5. The summed E-state index contributed by atoms with van der Waals surface area (Å²) in [5.74, 6) is 2.50. The molecule has 1 nitrogen and oxygen atoms in total. The van der Waals surface area contributed by atoms with Gasteiger partial charge in [-0.3, -0.25) is 4.79 Å². The molecule has 1 aromatic rings. The molecule has 0 radical (unpaired) electrons. The van der Waals surface area contributed by atoms with Gasteiger partial charge in [-0.15, -0.1) is 0 Å². The molecule has 3 unspecified atom stereocenters. The maximum atomic E-state index is 12.5. The minimum Gasteiger partial charge on any atom is -0.299 e. The number of hydrogen-bond donors (Lipinski definition) is 0. The van der Waals surface area contributed by atoms with Crippen molar-refractivity contribution in [2.75, 3.05) is 0 Å². The molecule has 2 heteroatoms. The number of carbonyl (C=O) groups excluding carboxylic acids is 1. The summed E-state index contributed by atoms with van der Waals surface area (Å²) in [6, 6.07) is 7.71. The van der Waals surface area contributed by atoms with Crippen molar-refractivity contribution >= 4 is 17.4 Å². The normalized spacial score (nSPS) is 29.8. The molecular formula is C18H23ClO. The van der Waals surface area contributed by atoms with Gasteiger partial charge in [0.25, 0.3) is 0 Å². The third-order valence-electron chi connectivity index (χ3n) is 5.29. The van der Waals surface area contributed by atoms with Crippen molar-refractivity contribution in [2.45, 2.75) is 51.4 Å². The van der Waals surface area contributed by atoms with Crippen molar-refractivity contribution < 1.29 is 4.79 Å². The van der Waals surface area contributed by atoms with Crippen LogP contribution in [0, 0.1) is 17.8 Å². The molecule has 2 aliphatic rings. The molecule has 2 saturated carbocycles.